The number of ether oxygens (including phenoxy) is 2. The third-order valence-corrected chi connectivity index (χ3v) is 2.86. The molecule has 1 fully saturated rings. The molecule has 1 amide bonds. The smallest absolute Gasteiger partial charge is 0.254 e. The molecule has 5 nitrogen and oxygen atoms in total. The van der Waals surface area contributed by atoms with Crippen molar-refractivity contribution < 1.29 is 19.4 Å². The summed E-state index contributed by atoms with van der Waals surface area (Å²) in [6.07, 6.45) is 1.01. The largest absolute Gasteiger partial charge is 0.389 e. The van der Waals surface area contributed by atoms with Gasteiger partial charge in [-0.3, -0.25) is 4.79 Å². The van der Waals surface area contributed by atoms with E-state index in [4.69, 9.17) is 9.47 Å². The summed E-state index contributed by atoms with van der Waals surface area (Å²) in [5.74, 6) is -0.0693. The third kappa shape index (κ3) is 3.17. The minimum atomic E-state index is -0.707. The lowest BCUT2D eigenvalue weighted by atomic mass is 10.0. The zero-order valence-electron chi connectivity index (χ0n) is 10.2. The Bertz CT molecular complexity index is 238. The normalized spacial score (nSPS) is 26.8. The molecule has 5 heteroatoms. The van der Waals surface area contributed by atoms with E-state index in [9.17, 15) is 9.90 Å². The van der Waals surface area contributed by atoms with E-state index in [0.717, 1.165) is 12.8 Å². The molecule has 0 aliphatic carbocycles. The highest BCUT2D eigenvalue weighted by atomic mass is 16.5. The van der Waals surface area contributed by atoms with E-state index >= 15 is 0 Å². The van der Waals surface area contributed by atoms with Gasteiger partial charge in [-0.15, -0.1) is 0 Å². The zero-order valence-corrected chi connectivity index (χ0v) is 10.2. The number of aliphatic hydroxyl groups is 1. The van der Waals surface area contributed by atoms with Gasteiger partial charge >= 0.3 is 0 Å². The molecule has 2 atom stereocenters. The van der Waals surface area contributed by atoms with Crippen LogP contribution < -0.4 is 0 Å². The Morgan fingerprint density at radius 3 is 2.88 bits per heavy atom. The fourth-order valence-corrected chi connectivity index (χ4v) is 2.00. The highest BCUT2D eigenvalue weighted by Gasteiger charge is 2.39. The maximum Gasteiger partial charge on any atom is 0.254 e. The van der Waals surface area contributed by atoms with Crippen molar-refractivity contribution in [3.8, 4) is 0 Å². The van der Waals surface area contributed by atoms with E-state index in [2.05, 4.69) is 0 Å². The average Bonchev–Trinajstić information content (AvgIpc) is 2.65. The minimum Gasteiger partial charge on any atom is -0.389 e. The lowest BCUT2D eigenvalue weighted by molar-refractivity contribution is -0.151. The third-order valence-electron chi connectivity index (χ3n) is 2.86. The van der Waals surface area contributed by atoms with Crippen molar-refractivity contribution in [3.05, 3.63) is 0 Å². The Kier molecular flexibility index (Phi) is 4.70. The van der Waals surface area contributed by atoms with Crippen LogP contribution in [-0.2, 0) is 14.3 Å². The number of hydrogen-bond acceptors (Lipinski definition) is 4. The molecular weight excluding hydrogens is 210 g/mol. The molecule has 2 unspecified atom stereocenters. The van der Waals surface area contributed by atoms with E-state index in [1.807, 2.05) is 6.92 Å². The van der Waals surface area contributed by atoms with Gasteiger partial charge in [0, 0.05) is 27.3 Å². The highest BCUT2D eigenvalue weighted by molar-refractivity contribution is 5.84. The fraction of sp³-hybridized carbons (Fsp3) is 0.909. The summed E-state index contributed by atoms with van der Waals surface area (Å²) in [4.78, 5) is 13.6. The Labute approximate surface area is 96.3 Å². The molecule has 0 aromatic heterocycles. The first-order valence-corrected chi connectivity index (χ1v) is 5.56. The van der Waals surface area contributed by atoms with Gasteiger partial charge in [0.1, 0.15) is 5.60 Å². The van der Waals surface area contributed by atoms with E-state index < -0.39 is 11.7 Å². The number of nitrogens with zero attached hydrogens (tertiary/aromatic N) is 1. The molecule has 0 aromatic carbocycles. The van der Waals surface area contributed by atoms with Crippen LogP contribution in [0.5, 0.6) is 0 Å². The number of rotatable bonds is 5. The van der Waals surface area contributed by atoms with Crippen LogP contribution in [0.4, 0.5) is 0 Å². The molecule has 0 bridgehead atoms. The summed E-state index contributed by atoms with van der Waals surface area (Å²) in [6.45, 7) is 2.94. The summed E-state index contributed by atoms with van der Waals surface area (Å²) >= 11 is 0. The van der Waals surface area contributed by atoms with Crippen LogP contribution in [0, 0.1) is 0 Å². The number of carbonyl (C=O) groups excluding carboxylic acids is 1. The first-order valence-electron chi connectivity index (χ1n) is 5.56. The van der Waals surface area contributed by atoms with Crippen molar-refractivity contribution in [2.45, 2.75) is 31.5 Å². The lowest BCUT2D eigenvalue weighted by Gasteiger charge is -2.29. The second-order valence-corrected chi connectivity index (χ2v) is 4.48. The predicted molar refractivity (Wildman–Crippen MR) is 59.1 cm³/mol. The van der Waals surface area contributed by atoms with Crippen LogP contribution in [0.2, 0.25) is 0 Å². The Morgan fingerprint density at radius 2 is 2.38 bits per heavy atom. The quantitative estimate of drug-likeness (QED) is 0.724. The number of amides is 1. The van der Waals surface area contributed by atoms with Gasteiger partial charge in [0.15, 0.2) is 0 Å². The van der Waals surface area contributed by atoms with Gasteiger partial charge in [0.05, 0.1) is 12.7 Å². The number of aliphatic hydroxyl groups excluding tert-OH is 1. The first kappa shape index (κ1) is 13.4. The summed E-state index contributed by atoms with van der Waals surface area (Å²) in [5.41, 5.74) is -0.707. The monoisotopic (exact) mass is 231 g/mol. The van der Waals surface area contributed by atoms with Gasteiger partial charge in [0.25, 0.3) is 5.91 Å². The van der Waals surface area contributed by atoms with E-state index in [1.165, 1.54) is 12.0 Å². The van der Waals surface area contributed by atoms with Crippen LogP contribution >= 0.6 is 0 Å². The molecule has 1 saturated heterocycles. The van der Waals surface area contributed by atoms with E-state index in [-0.39, 0.29) is 19.1 Å². The van der Waals surface area contributed by atoms with Crippen LogP contribution in [0.3, 0.4) is 0 Å². The van der Waals surface area contributed by atoms with Gasteiger partial charge in [0.2, 0.25) is 0 Å². The maximum absolute atomic E-state index is 12.1. The molecule has 16 heavy (non-hydrogen) atoms. The van der Waals surface area contributed by atoms with Crippen molar-refractivity contribution in [2.24, 2.45) is 0 Å². The summed E-state index contributed by atoms with van der Waals surface area (Å²) in [5, 5.41) is 9.54. The van der Waals surface area contributed by atoms with E-state index in [1.54, 1.807) is 7.05 Å². The van der Waals surface area contributed by atoms with Gasteiger partial charge < -0.3 is 19.5 Å². The van der Waals surface area contributed by atoms with Crippen molar-refractivity contribution in [3.63, 3.8) is 0 Å². The van der Waals surface area contributed by atoms with Crippen LogP contribution in [0.1, 0.15) is 19.8 Å². The number of likely N-dealkylation sites (N-methyl/N-ethyl adjacent to an activating group) is 1. The second-order valence-electron chi connectivity index (χ2n) is 4.48. The van der Waals surface area contributed by atoms with Crippen LogP contribution in [0.15, 0.2) is 0 Å². The molecule has 0 spiro atoms. The van der Waals surface area contributed by atoms with Crippen molar-refractivity contribution >= 4 is 5.91 Å². The van der Waals surface area contributed by atoms with Gasteiger partial charge in [-0.25, -0.2) is 0 Å². The average molecular weight is 231 g/mol. The Hall–Kier alpha value is -0.650. The molecule has 1 heterocycles. The van der Waals surface area contributed by atoms with Gasteiger partial charge in [-0.05, 0) is 19.8 Å². The van der Waals surface area contributed by atoms with Crippen molar-refractivity contribution in [2.75, 3.05) is 33.9 Å². The topological polar surface area (TPSA) is 59.0 Å². The molecule has 1 N–H and O–H groups in total. The van der Waals surface area contributed by atoms with Crippen molar-refractivity contribution in [1.29, 1.82) is 0 Å². The molecule has 1 rings (SSSR count). The summed E-state index contributed by atoms with van der Waals surface area (Å²) in [7, 11) is 3.20. The maximum atomic E-state index is 12.1. The molecule has 0 radical (unpaired) electrons. The standard InChI is InChI=1S/C11H21NO4/c1-11(5-4-6-16-11)10(14)12(2)7-9(13)8-15-3/h9,13H,4-8H2,1-3H3. The van der Waals surface area contributed by atoms with Crippen LogP contribution in [-0.4, -0.2) is 61.5 Å². The van der Waals surface area contributed by atoms with Crippen LogP contribution in [0.25, 0.3) is 0 Å². The minimum absolute atomic E-state index is 0.0693. The molecule has 0 aromatic rings. The first-order chi connectivity index (χ1) is 7.49. The predicted octanol–water partition coefficient (Wildman–Crippen LogP) is 0.0212. The highest BCUT2D eigenvalue weighted by Crippen LogP contribution is 2.26. The molecule has 1 aliphatic rings. The molecule has 0 saturated carbocycles. The SMILES string of the molecule is COCC(O)CN(C)C(=O)C1(C)CCCO1. The Morgan fingerprint density at radius 1 is 1.69 bits per heavy atom. The summed E-state index contributed by atoms with van der Waals surface area (Å²) < 4.78 is 10.3. The molecule has 94 valence electrons. The number of hydrogen-bond donors (Lipinski definition) is 1. The van der Waals surface area contributed by atoms with E-state index in [0.29, 0.717) is 6.61 Å². The number of carbonyl (C=O) groups is 1. The van der Waals surface area contributed by atoms with Gasteiger partial charge in [-0.2, -0.15) is 0 Å². The second kappa shape index (κ2) is 5.61. The number of methoxy groups -OCH3 is 1. The molecular formula is C11H21NO4. The molecule has 1 aliphatic heterocycles. The lowest BCUT2D eigenvalue weighted by Crippen LogP contribution is -2.47. The summed E-state index contributed by atoms with van der Waals surface area (Å²) in [6, 6.07) is 0. The zero-order chi connectivity index (χ0) is 12.2. The van der Waals surface area contributed by atoms with Crippen molar-refractivity contribution in [1.82, 2.24) is 4.90 Å². The van der Waals surface area contributed by atoms with Gasteiger partial charge in [-0.1, -0.05) is 0 Å². The Balaban J connectivity index is 2.46. The fourth-order valence-electron chi connectivity index (χ4n) is 2.00.